The lowest BCUT2D eigenvalue weighted by Crippen LogP contribution is -2.37. The number of pyridine rings is 1. The van der Waals surface area contributed by atoms with Gasteiger partial charge in [0.15, 0.2) is 0 Å². The number of rotatable bonds is 4. The smallest absolute Gasteiger partial charge is 0.315 e. The van der Waals surface area contributed by atoms with Crippen LogP contribution in [0.2, 0.25) is 0 Å². The van der Waals surface area contributed by atoms with Gasteiger partial charge in [0.05, 0.1) is 24.0 Å². The molecule has 112 valence electrons. The second kappa shape index (κ2) is 6.39. The number of amides is 2. The number of urea groups is 1. The standard InChI is InChI=1S/C15H21N5O/c1-10(14-11(2)19-20(4)12(14)3)18-15(21)17-9-13-7-5-6-8-16-13/h5-8,10H,9H2,1-4H3,(H2,17,18,21). The highest BCUT2D eigenvalue weighted by Crippen LogP contribution is 2.20. The van der Waals surface area contributed by atoms with Crippen molar-refractivity contribution in [2.45, 2.75) is 33.4 Å². The maximum absolute atomic E-state index is 12.0. The van der Waals surface area contributed by atoms with Gasteiger partial charge in [0.1, 0.15) is 0 Å². The molecule has 2 aromatic heterocycles. The molecule has 0 aliphatic carbocycles. The Morgan fingerprint density at radius 3 is 2.71 bits per heavy atom. The third-order valence-electron chi connectivity index (χ3n) is 3.50. The van der Waals surface area contributed by atoms with E-state index in [4.69, 9.17) is 0 Å². The van der Waals surface area contributed by atoms with Crippen LogP contribution in [0.1, 0.15) is 35.6 Å². The zero-order valence-corrected chi connectivity index (χ0v) is 12.8. The van der Waals surface area contributed by atoms with E-state index in [1.54, 1.807) is 6.20 Å². The Labute approximate surface area is 124 Å². The van der Waals surface area contributed by atoms with E-state index < -0.39 is 0 Å². The quantitative estimate of drug-likeness (QED) is 0.903. The fourth-order valence-corrected chi connectivity index (χ4v) is 2.41. The molecule has 2 heterocycles. The van der Waals surface area contributed by atoms with Crippen LogP contribution < -0.4 is 10.6 Å². The Morgan fingerprint density at radius 2 is 2.14 bits per heavy atom. The Balaban J connectivity index is 1.93. The third-order valence-corrected chi connectivity index (χ3v) is 3.50. The molecule has 0 bridgehead atoms. The molecule has 0 saturated carbocycles. The van der Waals surface area contributed by atoms with Crippen LogP contribution in [0.4, 0.5) is 4.79 Å². The minimum Gasteiger partial charge on any atom is -0.332 e. The van der Waals surface area contributed by atoms with Gasteiger partial charge in [-0.3, -0.25) is 9.67 Å². The van der Waals surface area contributed by atoms with Gasteiger partial charge in [-0.05, 0) is 32.9 Å². The van der Waals surface area contributed by atoms with E-state index in [-0.39, 0.29) is 12.1 Å². The predicted octanol–water partition coefficient (Wildman–Crippen LogP) is 1.99. The first-order chi connectivity index (χ1) is 9.99. The monoisotopic (exact) mass is 287 g/mol. The van der Waals surface area contributed by atoms with E-state index in [1.807, 2.05) is 50.7 Å². The third kappa shape index (κ3) is 3.59. The van der Waals surface area contributed by atoms with Gasteiger partial charge in [-0.2, -0.15) is 5.10 Å². The zero-order chi connectivity index (χ0) is 15.4. The Morgan fingerprint density at radius 1 is 1.38 bits per heavy atom. The molecule has 0 fully saturated rings. The lowest BCUT2D eigenvalue weighted by atomic mass is 10.1. The van der Waals surface area contributed by atoms with Gasteiger partial charge in [-0.25, -0.2) is 4.79 Å². The highest BCUT2D eigenvalue weighted by Gasteiger charge is 2.17. The summed E-state index contributed by atoms with van der Waals surface area (Å²) in [6.07, 6.45) is 1.71. The van der Waals surface area contributed by atoms with Crippen LogP contribution in [-0.2, 0) is 13.6 Å². The van der Waals surface area contributed by atoms with Crippen LogP contribution in [0.15, 0.2) is 24.4 Å². The van der Waals surface area contributed by atoms with Crippen LogP contribution in [-0.4, -0.2) is 20.8 Å². The minimum atomic E-state index is -0.212. The summed E-state index contributed by atoms with van der Waals surface area (Å²) in [5.74, 6) is 0. The van der Waals surface area contributed by atoms with Crippen LogP contribution >= 0.6 is 0 Å². The summed E-state index contributed by atoms with van der Waals surface area (Å²) in [5.41, 5.74) is 3.89. The fraction of sp³-hybridized carbons (Fsp3) is 0.400. The summed E-state index contributed by atoms with van der Waals surface area (Å²) in [5, 5.41) is 10.1. The number of nitrogens with zero attached hydrogens (tertiary/aromatic N) is 3. The van der Waals surface area contributed by atoms with E-state index in [0.29, 0.717) is 6.54 Å². The molecule has 0 aliphatic rings. The number of aryl methyl sites for hydroxylation is 2. The molecular formula is C15H21N5O. The van der Waals surface area contributed by atoms with Crippen molar-refractivity contribution in [3.8, 4) is 0 Å². The molecule has 2 N–H and O–H groups in total. The summed E-state index contributed by atoms with van der Waals surface area (Å²) >= 11 is 0. The Bertz CT molecular complexity index is 620. The maximum Gasteiger partial charge on any atom is 0.315 e. The van der Waals surface area contributed by atoms with Crippen LogP contribution in [0.3, 0.4) is 0 Å². The van der Waals surface area contributed by atoms with Gasteiger partial charge < -0.3 is 10.6 Å². The molecule has 0 aliphatic heterocycles. The lowest BCUT2D eigenvalue weighted by molar-refractivity contribution is 0.237. The van der Waals surface area contributed by atoms with Gasteiger partial charge in [0.2, 0.25) is 0 Å². The van der Waals surface area contributed by atoms with Crippen LogP contribution in [0.5, 0.6) is 0 Å². The number of carbonyl (C=O) groups is 1. The van der Waals surface area contributed by atoms with Gasteiger partial charge in [0, 0.05) is 24.5 Å². The van der Waals surface area contributed by atoms with Crippen molar-refractivity contribution in [1.29, 1.82) is 0 Å². The van der Waals surface area contributed by atoms with Gasteiger partial charge >= 0.3 is 6.03 Å². The number of carbonyl (C=O) groups excluding carboxylic acids is 1. The van der Waals surface area contributed by atoms with Crippen molar-refractivity contribution in [2.24, 2.45) is 7.05 Å². The number of hydrogen-bond acceptors (Lipinski definition) is 3. The fourth-order valence-electron chi connectivity index (χ4n) is 2.41. The second-order valence-corrected chi connectivity index (χ2v) is 5.08. The normalized spacial score (nSPS) is 12.0. The molecular weight excluding hydrogens is 266 g/mol. The average Bonchev–Trinajstić information content (AvgIpc) is 2.71. The summed E-state index contributed by atoms with van der Waals surface area (Å²) < 4.78 is 1.83. The maximum atomic E-state index is 12.0. The van der Waals surface area contributed by atoms with Crippen molar-refractivity contribution in [3.05, 3.63) is 47.0 Å². The van der Waals surface area contributed by atoms with Gasteiger partial charge in [-0.1, -0.05) is 6.07 Å². The molecule has 6 nitrogen and oxygen atoms in total. The molecule has 21 heavy (non-hydrogen) atoms. The molecule has 0 radical (unpaired) electrons. The highest BCUT2D eigenvalue weighted by atomic mass is 16.2. The van der Waals surface area contributed by atoms with Crippen molar-refractivity contribution < 1.29 is 4.79 Å². The van der Waals surface area contributed by atoms with E-state index in [9.17, 15) is 4.79 Å². The van der Waals surface area contributed by atoms with Crippen molar-refractivity contribution in [1.82, 2.24) is 25.4 Å². The van der Waals surface area contributed by atoms with E-state index in [1.165, 1.54) is 0 Å². The first kappa shape index (κ1) is 15.0. The van der Waals surface area contributed by atoms with E-state index >= 15 is 0 Å². The van der Waals surface area contributed by atoms with Gasteiger partial charge in [-0.15, -0.1) is 0 Å². The summed E-state index contributed by atoms with van der Waals surface area (Å²) in [6.45, 7) is 6.31. The van der Waals surface area contributed by atoms with Gasteiger partial charge in [0.25, 0.3) is 0 Å². The number of nitrogens with one attached hydrogen (secondary N) is 2. The first-order valence-electron chi connectivity index (χ1n) is 6.93. The summed E-state index contributed by atoms with van der Waals surface area (Å²) in [4.78, 5) is 16.1. The average molecular weight is 287 g/mol. The predicted molar refractivity (Wildman–Crippen MR) is 80.7 cm³/mol. The molecule has 0 saturated heterocycles. The Hall–Kier alpha value is -2.37. The van der Waals surface area contributed by atoms with E-state index in [0.717, 1.165) is 22.6 Å². The largest absolute Gasteiger partial charge is 0.332 e. The second-order valence-electron chi connectivity index (χ2n) is 5.08. The lowest BCUT2D eigenvalue weighted by Gasteiger charge is -2.15. The SMILES string of the molecule is Cc1nn(C)c(C)c1C(C)NC(=O)NCc1ccccn1. The molecule has 1 unspecified atom stereocenters. The molecule has 6 heteroatoms. The van der Waals surface area contributed by atoms with Crippen LogP contribution in [0, 0.1) is 13.8 Å². The van der Waals surface area contributed by atoms with Crippen molar-refractivity contribution in [3.63, 3.8) is 0 Å². The molecule has 2 rings (SSSR count). The number of aromatic nitrogens is 3. The highest BCUT2D eigenvalue weighted by molar-refractivity contribution is 5.74. The Kier molecular flexibility index (Phi) is 4.57. The number of hydrogen-bond donors (Lipinski definition) is 2. The molecule has 2 aromatic rings. The van der Waals surface area contributed by atoms with E-state index in [2.05, 4.69) is 20.7 Å². The zero-order valence-electron chi connectivity index (χ0n) is 12.8. The molecule has 0 aromatic carbocycles. The minimum absolute atomic E-state index is 0.0950. The van der Waals surface area contributed by atoms with Crippen molar-refractivity contribution >= 4 is 6.03 Å². The summed E-state index contributed by atoms with van der Waals surface area (Å²) in [6, 6.07) is 5.31. The van der Waals surface area contributed by atoms with Crippen LogP contribution in [0.25, 0.3) is 0 Å². The van der Waals surface area contributed by atoms with Crippen molar-refractivity contribution in [2.75, 3.05) is 0 Å². The molecule has 0 spiro atoms. The first-order valence-corrected chi connectivity index (χ1v) is 6.93. The molecule has 1 atom stereocenters. The molecule has 2 amide bonds. The summed E-state index contributed by atoms with van der Waals surface area (Å²) in [7, 11) is 1.90. The topological polar surface area (TPSA) is 71.8 Å².